The van der Waals surface area contributed by atoms with Crippen molar-refractivity contribution in [3.8, 4) is 22.9 Å². The topological polar surface area (TPSA) is 84.1 Å². The first-order valence-electron chi connectivity index (χ1n) is 8.54. The van der Waals surface area contributed by atoms with Crippen molar-refractivity contribution in [2.75, 3.05) is 12.4 Å². The van der Waals surface area contributed by atoms with Crippen LogP contribution in [-0.4, -0.2) is 17.6 Å². The number of hydrogen-bond donors (Lipinski definition) is 1. The number of aromatic nitrogens is 1. The van der Waals surface area contributed by atoms with E-state index in [1.165, 1.54) is 43.5 Å². The maximum Gasteiger partial charge on any atom is 0.280 e. The zero-order valence-electron chi connectivity index (χ0n) is 15.5. The van der Waals surface area contributed by atoms with E-state index in [1.807, 2.05) is 6.07 Å². The largest absolute Gasteiger partial charge is 0.495 e. The lowest BCUT2D eigenvalue weighted by Gasteiger charge is -2.16. The van der Waals surface area contributed by atoms with E-state index in [0.717, 1.165) is 18.3 Å². The first-order valence-corrected chi connectivity index (χ1v) is 8.92. The van der Waals surface area contributed by atoms with Crippen LogP contribution >= 0.6 is 11.6 Å². The molecule has 1 atom stereocenters. The predicted octanol–water partition coefficient (Wildman–Crippen LogP) is 4.29. The average molecular weight is 430 g/mol. The van der Waals surface area contributed by atoms with Crippen molar-refractivity contribution >= 4 is 23.2 Å². The van der Waals surface area contributed by atoms with Crippen molar-refractivity contribution in [3.63, 3.8) is 0 Å². The maximum atomic E-state index is 14.8. The Hall–Kier alpha value is -3.70. The summed E-state index contributed by atoms with van der Waals surface area (Å²) in [5, 5.41) is 11.9. The molecule has 30 heavy (non-hydrogen) atoms. The molecule has 0 saturated carbocycles. The van der Waals surface area contributed by atoms with Gasteiger partial charge in [0, 0.05) is 27.9 Å². The van der Waals surface area contributed by atoms with Crippen LogP contribution in [0.2, 0.25) is 5.02 Å². The second-order valence-electron chi connectivity index (χ2n) is 6.14. The summed E-state index contributed by atoms with van der Waals surface area (Å²) in [7, 11) is 1.30. The van der Waals surface area contributed by atoms with Crippen LogP contribution in [0.4, 0.5) is 14.5 Å². The van der Waals surface area contributed by atoms with E-state index >= 15 is 0 Å². The fraction of sp³-hybridized carbons (Fsp3) is 0.0952. The van der Waals surface area contributed by atoms with Crippen molar-refractivity contribution in [2.45, 2.75) is 6.30 Å². The van der Waals surface area contributed by atoms with Gasteiger partial charge in [-0.25, -0.2) is 8.78 Å². The number of nitriles is 1. The minimum Gasteiger partial charge on any atom is -0.495 e. The Morgan fingerprint density at radius 2 is 2.00 bits per heavy atom. The van der Waals surface area contributed by atoms with Crippen LogP contribution < -0.4 is 15.6 Å². The Labute approximate surface area is 174 Å². The molecular weight excluding hydrogens is 416 g/mol. The Morgan fingerprint density at radius 1 is 1.23 bits per heavy atom. The minimum absolute atomic E-state index is 0.0388. The van der Waals surface area contributed by atoms with E-state index in [4.69, 9.17) is 16.3 Å². The molecule has 6 nitrogen and oxygen atoms in total. The lowest BCUT2D eigenvalue weighted by molar-refractivity contribution is -0.123. The molecule has 1 heterocycles. The van der Waals surface area contributed by atoms with Crippen LogP contribution in [0.1, 0.15) is 11.9 Å². The molecule has 0 bridgehead atoms. The molecule has 2 aromatic carbocycles. The molecule has 0 aliphatic heterocycles. The molecule has 3 rings (SSSR count). The van der Waals surface area contributed by atoms with E-state index in [9.17, 15) is 23.6 Å². The molecule has 1 amide bonds. The zero-order valence-corrected chi connectivity index (χ0v) is 16.3. The van der Waals surface area contributed by atoms with Crippen LogP contribution in [0.3, 0.4) is 0 Å². The highest BCUT2D eigenvalue weighted by Crippen LogP contribution is 2.33. The van der Waals surface area contributed by atoms with Gasteiger partial charge < -0.3 is 10.1 Å². The third-order valence-corrected chi connectivity index (χ3v) is 4.44. The lowest BCUT2D eigenvalue weighted by atomic mass is 10.0. The number of halogens is 3. The van der Waals surface area contributed by atoms with Gasteiger partial charge in [0.2, 0.25) is 0 Å². The molecule has 1 N–H and O–H groups in total. The fourth-order valence-electron chi connectivity index (χ4n) is 2.81. The van der Waals surface area contributed by atoms with Crippen LogP contribution in [0.15, 0.2) is 59.5 Å². The first-order chi connectivity index (χ1) is 14.3. The molecule has 9 heteroatoms. The lowest BCUT2D eigenvalue weighted by Crippen LogP contribution is -2.30. The van der Waals surface area contributed by atoms with Crippen molar-refractivity contribution in [3.05, 3.63) is 81.5 Å². The van der Waals surface area contributed by atoms with Gasteiger partial charge in [-0.3, -0.25) is 14.2 Å². The second kappa shape index (κ2) is 8.76. The third kappa shape index (κ3) is 4.31. The standard InChI is InChI=1S/C21H14ClF2N3O3/c1-30-18-11-27(20(24)21(29)26-15-4-2-3-14(23)8-15)19(28)9-17(18)16-7-13(22)6-5-12(16)10-25/h2-9,11,20H,1H3,(H,26,29). The number of nitrogens with zero attached hydrogens (tertiary/aromatic N) is 2. The number of rotatable bonds is 5. The van der Waals surface area contributed by atoms with E-state index in [2.05, 4.69) is 5.32 Å². The summed E-state index contributed by atoms with van der Waals surface area (Å²) in [6, 6.07) is 12.4. The monoisotopic (exact) mass is 429 g/mol. The number of pyridine rings is 1. The Morgan fingerprint density at radius 3 is 2.67 bits per heavy atom. The SMILES string of the molecule is COc1cn(C(F)C(=O)Nc2cccc(F)c2)c(=O)cc1-c1cc(Cl)ccc1C#N. The van der Waals surface area contributed by atoms with Crippen LogP contribution in [0, 0.1) is 17.1 Å². The number of ether oxygens (including phenoxy) is 1. The van der Waals surface area contributed by atoms with Gasteiger partial charge in [0.1, 0.15) is 11.6 Å². The molecule has 0 saturated heterocycles. The minimum atomic E-state index is -2.40. The van der Waals surface area contributed by atoms with Crippen LogP contribution in [0.5, 0.6) is 5.75 Å². The normalized spacial score (nSPS) is 11.4. The summed E-state index contributed by atoms with van der Waals surface area (Å²) in [4.78, 5) is 24.7. The van der Waals surface area contributed by atoms with Gasteiger partial charge in [0.25, 0.3) is 17.8 Å². The van der Waals surface area contributed by atoms with Gasteiger partial charge in [-0.2, -0.15) is 5.26 Å². The molecule has 0 fully saturated rings. The maximum absolute atomic E-state index is 14.8. The molecule has 1 aromatic heterocycles. The number of hydrogen-bond acceptors (Lipinski definition) is 4. The highest BCUT2D eigenvalue weighted by Gasteiger charge is 2.23. The van der Waals surface area contributed by atoms with Crippen molar-refractivity contribution in [2.24, 2.45) is 0 Å². The Bertz CT molecular complexity index is 1220. The van der Waals surface area contributed by atoms with Gasteiger partial charge in [-0.05, 0) is 36.4 Å². The number of carbonyl (C=O) groups excluding carboxylic acids is 1. The number of methoxy groups -OCH3 is 1. The summed E-state index contributed by atoms with van der Waals surface area (Å²) in [5.41, 5.74) is -0.0369. The van der Waals surface area contributed by atoms with Gasteiger partial charge in [-0.15, -0.1) is 0 Å². The highest BCUT2D eigenvalue weighted by molar-refractivity contribution is 6.31. The summed E-state index contributed by atoms with van der Waals surface area (Å²) in [6.45, 7) is 0. The quantitative estimate of drug-likeness (QED) is 0.655. The first kappa shape index (κ1) is 21.0. The molecule has 0 aliphatic carbocycles. The van der Waals surface area contributed by atoms with E-state index in [0.29, 0.717) is 15.2 Å². The van der Waals surface area contributed by atoms with E-state index < -0.39 is 23.6 Å². The van der Waals surface area contributed by atoms with Gasteiger partial charge in [-0.1, -0.05) is 17.7 Å². The molecule has 1 unspecified atom stereocenters. The molecule has 3 aromatic rings. The van der Waals surface area contributed by atoms with Gasteiger partial charge >= 0.3 is 0 Å². The third-order valence-electron chi connectivity index (χ3n) is 4.21. The smallest absolute Gasteiger partial charge is 0.280 e. The summed E-state index contributed by atoms with van der Waals surface area (Å²) in [6.07, 6.45) is -1.38. The second-order valence-corrected chi connectivity index (χ2v) is 6.57. The van der Waals surface area contributed by atoms with Crippen LogP contribution in [-0.2, 0) is 4.79 Å². The number of carbonyl (C=O) groups is 1. The highest BCUT2D eigenvalue weighted by atomic mass is 35.5. The van der Waals surface area contributed by atoms with Crippen LogP contribution in [0.25, 0.3) is 11.1 Å². The van der Waals surface area contributed by atoms with Crippen molar-refractivity contribution in [1.82, 2.24) is 4.57 Å². The van der Waals surface area contributed by atoms with Crippen molar-refractivity contribution in [1.29, 1.82) is 5.26 Å². The Balaban J connectivity index is 2.00. The number of benzene rings is 2. The predicted molar refractivity (Wildman–Crippen MR) is 108 cm³/mol. The summed E-state index contributed by atoms with van der Waals surface area (Å²) >= 11 is 6.00. The summed E-state index contributed by atoms with van der Waals surface area (Å²) < 4.78 is 33.8. The van der Waals surface area contributed by atoms with Gasteiger partial charge in [0.15, 0.2) is 0 Å². The number of anilines is 1. The molecule has 0 spiro atoms. The summed E-state index contributed by atoms with van der Waals surface area (Å²) in [5.74, 6) is -1.73. The average Bonchev–Trinajstić information content (AvgIpc) is 2.73. The molecular formula is C21H14ClF2N3O3. The molecule has 0 aliphatic rings. The molecule has 0 radical (unpaired) electrons. The fourth-order valence-corrected chi connectivity index (χ4v) is 2.98. The zero-order chi connectivity index (χ0) is 21.8. The number of alkyl halides is 1. The van der Waals surface area contributed by atoms with E-state index in [1.54, 1.807) is 0 Å². The van der Waals surface area contributed by atoms with E-state index in [-0.39, 0.29) is 22.6 Å². The van der Waals surface area contributed by atoms with Crippen molar-refractivity contribution < 1.29 is 18.3 Å². The molecule has 152 valence electrons. The number of amides is 1. The number of nitrogens with one attached hydrogen (secondary N) is 1. The Kier molecular flexibility index (Phi) is 6.14. The van der Waals surface area contributed by atoms with Gasteiger partial charge in [0.05, 0.1) is 24.9 Å².